The predicted octanol–water partition coefficient (Wildman–Crippen LogP) is 21.6. The SMILES string of the molecule is Cc1ccc(CC(=O)C[C@@H]2CCN(c3ccc(-c4ccccc4NS(C)(=O)=O)cc3C(C)C)C2=O)c(F)c1.Cc1ccc(CC(=O)C[C@@H]2CCN(c3ccc(-c4ccccc4NS(C)(=O)=O)cc3C3CC3)C2=O)c(F)c1.Cc1ccc(CC(=O)C[C@@H]2CCN(c3ccc(-c4ccccc4P(C)(C)=O)c(F)c3F)C2=O)c(F)c1.Cc1ccc(CC(=O)C[C@@H]2CCN(c3ccc(-c4ccccc4S(C)(=O)=O)c(F)c3F)C2=O)nc1. The van der Waals surface area contributed by atoms with Gasteiger partial charge in [0.25, 0.3) is 0 Å². The van der Waals surface area contributed by atoms with E-state index in [9.17, 15) is 81.3 Å². The number of amides is 4. The fourth-order valence-electron chi connectivity index (χ4n) is 19.1. The molecule has 11 aromatic carbocycles. The maximum Gasteiger partial charge on any atom is 0.230 e. The van der Waals surface area contributed by atoms with Crippen molar-refractivity contribution in [2.24, 2.45) is 23.7 Å². The number of sulfone groups is 1. The van der Waals surface area contributed by atoms with E-state index in [1.165, 1.54) is 66.7 Å². The van der Waals surface area contributed by atoms with Gasteiger partial charge in [0, 0.05) is 164 Å². The second-order valence-corrected chi connectivity index (χ2v) is 47.8. The number of sulfonamides is 2. The highest BCUT2D eigenvalue weighted by Crippen LogP contribution is 2.49. The van der Waals surface area contributed by atoms with Crippen LogP contribution in [0.4, 0.5) is 64.9 Å². The van der Waals surface area contributed by atoms with E-state index >= 15 is 17.6 Å². The molecular formula is C114H115F7N7O15PS3. The molecule has 5 fully saturated rings. The maximum absolute atomic E-state index is 15.2. The molecule has 768 valence electrons. The Morgan fingerprint density at radius 3 is 1.12 bits per heavy atom. The van der Waals surface area contributed by atoms with Crippen molar-refractivity contribution in [2.75, 3.05) is 87.3 Å². The summed E-state index contributed by atoms with van der Waals surface area (Å²) in [5, 5.41) is 0.442. The first-order chi connectivity index (χ1) is 69.5. The van der Waals surface area contributed by atoms with Crippen molar-refractivity contribution in [3.63, 3.8) is 0 Å². The van der Waals surface area contributed by atoms with Gasteiger partial charge in [0.2, 0.25) is 43.7 Å². The zero-order chi connectivity index (χ0) is 106. The molecule has 0 unspecified atom stereocenters. The Morgan fingerprint density at radius 2 is 0.735 bits per heavy atom. The molecule has 4 amide bonds. The second-order valence-electron chi connectivity index (χ2n) is 39.2. The molecule has 1 saturated carbocycles. The third-order valence-corrected chi connectivity index (χ3v) is 30.6. The summed E-state index contributed by atoms with van der Waals surface area (Å²) in [5.41, 5.74) is 12.5. The number of aryl methyl sites for hydroxylation is 4. The number of carbonyl (C=O) groups is 8. The number of para-hydroxylation sites is 2. The molecule has 1 aliphatic carbocycles. The van der Waals surface area contributed by atoms with Gasteiger partial charge in [0.05, 0.1) is 40.2 Å². The molecule has 0 spiro atoms. The number of carbonyl (C=O) groups excluding carboxylic acids is 8. The van der Waals surface area contributed by atoms with Crippen molar-refractivity contribution in [3.8, 4) is 44.5 Å². The van der Waals surface area contributed by atoms with Crippen LogP contribution in [0.5, 0.6) is 0 Å². The number of Topliss-reactive ketones (excluding diaryl/α,β-unsaturated/α-hetero) is 4. The van der Waals surface area contributed by atoms with E-state index in [0.29, 0.717) is 83.8 Å². The molecule has 2 N–H and O–H groups in total. The molecule has 4 saturated heterocycles. The highest BCUT2D eigenvalue weighted by molar-refractivity contribution is 7.92. The van der Waals surface area contributed by atoms with Crippen LogP contribution >= 0.6 is 7.14 Å². The average molecular weight is 2080 g/mol. The molecule has 0 bridgehead atoms. The normalized spacial score (nSPS) is 16.4. The Labute approximate surface area is 852 Å². The van der Waals surface area contributed by atoms with Gasteiger partial charge in [0.15, 0.2) is 33.1 Å². The quantitative estimate of drug-likeness (QED) is 0.0292. The first kappa shape index (κ1) is 109. The molecule has 12 aromatic rings. The Bertz CT molecular complexity index is 7350. The molecule has 22 nitrogen and oxygen atoms in total. The van der Waals surface area contributed by atoms with Crippen LogP contribution in [0.1, 0.15) is 146 Å². The van der Waals surface area contributed by atoms with Crippen LogP contribution in [0.15, 0.2) is 236 Å². The standard InChI is InChI=1S/C30H31FN2O4S.C30H33FN2O4S.C28H27F3NO3P.C26H24F2N2O4S/c1-19-7-8-22(27(31)15-19)16-24(34)17-23-13-14-33(30(23)35)29-12-11-21(18-26(29)20-9-10-20)25-5-3-4-6-28(25)32-38(2,36)37;1-19(2)26-18-21(25-7-5-6-8-28(25)32-38(4,36)37)11-12-29(26)33-14-13-23(30(33)35)17-24(34)16-22-10-9-20(3)15-27(22)31;1-17-8-9-18(23(29)14-17)15-20(33)16-19-12-13-32(28(19)34)24-11-10-22(26(30)27(24)31)21-6-4-5-7-25(21)36(2,3)35;1-16-7-8-18(29-15-16)14-19(31)13-17-11-12-30(26(17)32)22-10-9-21(24(27)25(22)28)20-5-3-4-6-23(20)35(2,33)34/h3-8,11-12,15,18,20,23,32H,9-10,13-14,16-17H2,1-2H3;5-12,15,18-19,23,32H,13-14,16-17H2,1-4H3;4-11,14,19H,12-13,15-16H2,1-3H3;3-10,15,17H,11-14H2,1-2H3/t2*23-;19-;17-/m0000/s1. The number of nitrogens with one attached hydrogen (secondary N) is 2. The fraction of sp³-hybridized carbons (Fsp3) is 0.307. The van der Waals surface area contributed by atoms with E-state index in [4.69, 9.17) is 0 Å². The average Bonchev–Trinajstić information content (AvgIpc) is 1.56. The van der Waals surface area contributed by atoms with Gasteiger partial charge in [0.1, 0.15) is 47.7 Å². The van der Waals surface area contributed by atoms with Gasteiger partial charge in [-0.3, -0.25) is 52.8 Å². The minimum Gasteiger partial charge on any atom is -0.319 e. The molecule has 1 aromatic heterocycles. The Hall–Kier alpha value is -13.7. The number of hydrogen-bond donors (Lipinski definition) is 2. The maximum atomic E-state index is 15.2. The third kappa shape index (κ3) is 27.0. The smallest absolute Gasteiger partial charge is 0.230 e. The summed E-state index contributed by atoms with van der Waals surface area (Å²) in [6.45, 7) is 15.8. The van der Waals surface area contributed by atoms with Crippen molar-refractivity contribution < 1.29 is 98.9 Å². The predicted molar refractivity (Wildman–Crippen MR) is 560 cm³/mol. The van der Waals surface area contributed by atoms with Crippen molar-refractivity contribution in [1.82, 2.24) is 4.98 Å². The number of rotatable bonds is 32. The highest BCUT2D eigenvalue weighted by Gasteiger charge is 2.42. The Kier molecular flexibility index (Phi) is 34.2. The van der Waals surface area contributed by atoms with E-state index in [0.717, 1.165) is 108 Å². The molecule has 33 heteroatoms. The number of aromatic nitrogens is 1. The number of halogens is 7. The van der Waals surface area contributed by atoms with Crippen LogP contribution in [0, 0.1) is 92.1 Å². The molecule has 4 aliphatic heterocycles. The summed E-state index contributed by atoms with van der Waals surface area (Å²) in [4.78, 5) is 113. The topological polar surface area (TPSA) is 306 Å². The molecule has 5 aliphatic rings. The lowest BCUT2D eigenvalue weighted by Gasteiger charge is -2.24. The minimum absolute atomic E-state index is 0.00515. The monoisotopic (exact) mass is 2080 g/mol. The van der Waals surface area contributed by atoms with E-state index in [2.05, 4.69) is 20.5 Å². The van der Waals surface area contributed by atoms with Gasteiger partial charge in [-0.25, -0.2) is 56.0 Å². The Morgan fingerprint density at radius 1 is 0.381 bits per heavy atom. The minimum atomic E-state index is -3.68. The number of hydrogen-bond acceptors (Lipinski definition) is 16. The number of nitrogens with zero attached hydrogens (tertiary/aromatic N) is 5. The first-order valence-electron chi connectivity index (χ1n) is 48.4. The molecule has 5 heterocycles. The van der Waals surface area contributed by atoms with Crippen LogP contribution in [0.25, 0.3) is 44.5 Å². The number of ketones is 4. The van der Waals surface area contributed by atoms with Crippen LogP contribution in [0.2, 0.25) is 0 Å². The molecule has 0 radical (unpaired) electrons. The largest absolute Gasteiger partial charge is 0.319 e. The Balaban J connectivity index is 0.000000155. The van der Waals surface area contributed by atoms with Gasteiger partial charge >= 0.3 is 0 Å². The lowest BCUT2D eigenvalue weighted by Crippen LogP contribution is -2.29. The van der Waals surface area contributed by atoms with Crippen molar-refractivity contribution >= 4 is 123 Å². The molecule has 147 heavy (non-hydrogen) atoms. The van der Waals surface area contributed by atoms with Gasteiger partial charge in [-0.15, -0.1) is 0 Å². The summed E-state index contributed by atoms with van der Waals surface area (Å²) in [6, 6.07) is 61.6. The van der Waals surface area contributed by atoms with E-state index in [1.807, 2.05) is 81.4 Å². The summed E-state index contributed by atoms with van der Waals surface area (Å²) < 4.78 is 193. The van der Waals surface area contributed by atoms with Crippen LogP contribution in [-0.4, -0.2) is 135 Å². The zero-order valence-corrected chi connectivity index (χ0v) is 86.7. The summed E-state index contributed by atoms with van der Waals surface area (Å²) >= 11 is 0. The van der Waals surface area contributed by atoms with Gasteiger partial charge < -0.3 is 24.2 Å². The highest BCUT2D eigenvalue weighted by atomic mass is 32.2. The molecule has 4 atom stereocenters. The van der Waals surface area contributed by atoms with Gasteiger partial charge in [-0.2, -0.15) is 0 Å². The van der Waals surface area contributed by atoms with Crippen molar-refractivity contribution in [3.05, 3.63) is 327 Å². The van der Waals surface area contributed by atoms with E-state index in [-0.39, 0.29) is 150 Å². The van der Waals surface area contributed by atoms with E-state index in [1.54, 1.807) is 141 Å². The summed E-state index contributed by atoms with van der Waals surface area (Å²) in [5.74, 6) is -9.57. The zero-order valence-electron chi connectivity index (χ0n) is 83.3. The van der Waals surface area contributed by atoms with Crippen molar-refractivity contribution in [2.45, 2.75) is 148 Å². The lowest BCUT2D eigenvalue weighted by molar-refractivity contribution is -0.125. The van der Waals surface area contributed by atoms with Gasteiger partial charge in [-0.05, 0) is 249 Å². The third-order valence-electron chi connectivity index (χ3n) is 26.7. The molecular weight excluding hydrogens is 1970 g/mol. The lowest BCUT2D eigenvalue weighted by atomic mass is 9.94. The van der Waals surface area contributed by atoms with Crippen LogP contribution in [0.3, 0.4) is 0 Å². The van der Waals surface area contributed by atoms with E-state index < -0.39 is 107 Å². The van der Waals surface area contributed by atoms with Crippen molar-refractivity contribution in [1.29, 1.82) is 0 Å². The number of pyridine rings is 1. The number of anilines is 6. The second kappa shape index (κ2) is 46.2. The number of benzene rings is 11. The van der Waals surface area contributed by atoms with Gasteiger partial charge in [-0.1, -0.05) is 147 Å². The molecule has 17 rings (SSSR count). The first-order valence-corrected chi connectivity index (χ1v) is 56.6. The summed E-state index contributed by atoms with van der Waals surface area (Å²) in [7, 11) is -13.3. The summed E-state index contributed by atoms with van der Waals surface area (Å²) in [6.07, 6.45) is 8.76. The fourth-order valence-corrected chi connectivity index (χ4v) is 22.4. The van der Waals surface area contributed by atoms with Crippen LogP contribution in [-0.2, 0) is 98.5 Å². The van der Waals surface area contributed by atoms with Crippen LogP contribution < -0.4 is 34.3 Å².